The van der Waals surface area contributed by atoms with Gasteiger partial charge >= 0.3 is 0 Å². The van der Waals surface area contributed by atoms with Gasteiger partial charge in [-0.15, -0.1) is 0 Å². The lowest BCUT2D eigenvalue weighted by molar-refractivity contribution is -0.261. The number of hydroxylamine groups is 2. The van der Waals surface area contributed by atoms with Gasteiger partial charge in [0.15, 0.2) is 0 Å². The smallest absolute Gasteiger partial charge is 0.0685 e. The Morgan fingerprint density at radius 3 is 2.37 bits per heavy atom. The van der Waals surface area contributed by atoms with Crippen LogP contribution < -0.4 is 0 Å². The van der Waals surface area contributed by atoms with Gasteiger partial charge in [-0.25, -0.2) is 0 Å². The molecule has 19 heavy (non-hydrogen) atoms. The molecule has 1 aromatic rings. The molecule has 1 aromatic carbocycles. The number of fused-ring (bicyclic) bond motifs is 1. The van der Waals surface area contributed by atoms with Gasteiger partial charge in [-0.05, 0) is 57.4 Å². The Morgan fingerprint density at radius 2 is 1.74 bits per heavy atom. The summed E-state index contributed by atoms with van der Waals surface area (Å²) in [5.41, 5.74) is 2.52. The van der Waals surface area contributed by atoms with Crippen molar-refractivity contribution in [2.45, 2.75) is 58.5 Å². The SMILES string of the molecule is CCCCON1C(C)(C)c2ccc(Br)cc2C1(C)C. The molecule has 0 bridgehead atoms. The number of unbranched alkanes of at least 4 members (excludes halogenated alkanes) is 1. The van der Waals surface area contributed by atoms with Gasteiger partial charge < -0.3 is 0 Å². The Labute approximate surface area is 125 Å². The Morgan fingerprint density at radius 1 is 1.11 bits per heavy atom. The first-order chi connectivity index (χ1) is 8.81. The van der Waals surface area contributed by atoms with E-state index < -0.39 is 0 Å². The van der Waals surface area contributed by atoms with E-state index in [2.05, 4.69) is 73.8 Å². The summed E-state index contributed by atoms with van der Waals surface area (Å²) in [6.45, 7) is 11.9. The Balaban J connectivity index is 2.38. The van der Waals surface area contributed by atoms with Gasteiger partial charge in [0, 0.05) is 4.47 Å². The molecule has 0 aliphatic carbocycles. The summed E-state index contributed by atoms with van der Waals surface area (Å²) >= 11 is 3.58. The summed E-state index contributed by atoms with van der Waals surface area (Å²) in [4.78, 5) is 6.11. The van der Waals surface area contributed by atoms with Crippen LogP contribution >= 0.6 is 15.9 Å². The molecule has 1 aliphatic heterocycles. The fourth-order valence-electron chi connectivity index (χ4n) is 3.10. The van der Waals surface area contributed by atoms with Crippen molar-refractivity contribution in [3.63, 3.8) is 0 Å². The molecular formula is C16H24BrNO. The highest BCUT2D eigenvalue weighted by Crippen LogP contribution is 2.50. The maximum atomic E-state index is 6.11. The number of rotatable bonds is 4. The van der Waals surface area contributed by atoms with Crippen LogP contribution in [0.15, 0.2) is 22.7 Å². The molecule has 0 spiro atoms. The molecule has 0 atom stereocenters. The van der Waals surface area contributed by atoms with E-state index in [1.165, 1.54) is 11.1 Å². The van der Waals surface area contributed by atoms with E-state index in [-0.39, 0.29) is 11.1 Å². The van der Waals surface area contributed by atoms with Crippen LogP contribution in [0.1, 0.15) is 58.6 Å². The summed E-state index contributed by atoms with van der Waals surface area (Å²) in [6.07, 6.45) is 2.26. The van der Waals surface area contributed by atoms with Gasteiger partial charge in [0.2, 0.25) is 0 Å². The molecule has 106 valence electrons. The standard InChI is InChI=1S/C16H24BrNO/c1-6-7-10-19-18-15(2,3)13-9-8-12(17)11-14(13)16(18,4)5/h8-9,11H,6-7,10H2,1-5H3. The second kappa shape index (κ2) is 5.19. The lowest BCUT2D eigenvalue weighted by Gasteiger charge is -2.39. The molecule has 0 amide bonds. The minimum absolute atomic E-state index is 0.0900. The summed E-state index contributed by atoms with van der Waals surface area (Å²) in [7, 11) is 0. The Bertz CT molecular complexity index is 468. The van der Waals surface area contributed by atoms with Crippen LogP contribution in [-0.2, 0) is 15.9 Å². The van der Waals surface area contributed by atoms with Gasteiger partial charge in [-0.2, -0.15) is 5.06 Å². The fourth-order valence-corrected chi connectivity index (χ4v) is 3.46. The van der Waals surface area contributed by atoms with Crippen molar-refractivity contribution >= 4 is 15.9 Å². The Hall–Kier alpha value is -0.380. The molecule has 3 heteroatoms. The minimum atomic E-state index is -0.101. The van der Waals surface area contributed by atoms with Crippen molar-refractivity contribution in [1.29, 1.82) is 0 Å². The molecule has 2 rings (SSSR count). The average Bonchev–Trinajstić information content (AvgIpc) is 2.47. The molecule has 1 aliphatic rings. The highest BCUT2D eigenvalue weighted by atomic mass is 79.9. The van der Waals surface area contributed by atoms with E-state index in [0.717, 1.165) is 23.9 Å². The number of benzene rings is 1. The van der Waals surface area contributed by atoms with Crippen molar-refractivity contribution in [2.24, 2.45) is 0 Å². The quantitative estimate of drug-likeness (QED) is 0.725. The third-order valence-corrected chi connectivity index (χ3v) is 4.53. The lowest BCUT2D eigenvalue weighted by atomic mass is 9.91. The van der Waals surface area contributed by atoms with Crippen molar-refractivity contribution in [3.8, 4) is 0 Å². The second-order valence-corrected chi connectivity index (χ2v) is 7.20. The van der Waals surface area contributed by atoms with E-state index in [1.807, 2.05) is 0 Å². The molecule has 0 unspecified atom stereocenters. The van der Waals surface area contributed by atoms with E-state index in [1.54, 1.807) is 0 Å². The van der Waals surface area contributed by atoms with E-state index in [0.29, 0.717) is 0 Å². The van der Waals surface area contributed by atoms with E-state index >= 15 is 0 Å². The first-order valence-corrected chi connectivity index (χ1v) is 7.85. The van der Waals surface area contributed by atoms with Gasteiger partial charge in [0.05, 0.1) is 17.7 Å². The van der Waals surface area contributed by atoms with Crippen LogP contribution in [0.5, 0.6) is 0 Å². The molecular weight excluding hydrogens is 302 g/mol. The van der Waals surface area contributed by atoms with Crippen molar-refractivity contribution in [2.75, 3.05) is 6.61 Å². The maximum Gasteiger partial charge on any atom is 0.0685 e. The van der Waals surface area contributed by atoms with Gasteiger partial charge in [-0.3, -0.25) is 4.84 Å². The largest absolute Gasteiger partial charge is 0.297 e. The molecule has 2 nitrogen and oxygen atoms in total. The topological polar surface area (TPSA) is 12.5 Å². The predicted octanol–water partition coefficient (Wildman–Crippen LogP) is 4.97. The fraction of sp³-hybridized carbons (Fsp3) is 0.625. The summed E-state index contributed by atoms with van der Waals surface area (Å²) < 4.78 is 1.13. The maximum absolute atomic E-state index is 6.11. The van der Waals surface area contributed by atoms with Crippen molar-refractivity contribution in [1.82, 2.24) is 5.06 Å². The molecule has 0 saturated carbocycles. The zero-order chi connectivity index (χ0) is 14.3. The van der Waals surface area contributed by atoms with Crippen LogP contribution in [0, 0.1) is 0 Å². The Kier molecular flexibility index (Phi) is 4.10. The van der Waals surface area contributed by atoms with Gasteiger partial charge in [0.25, 0.3) is 0 Å². The van der Waals surface area contributed by atoms with Gasteiger partial charge in [0.1, 0.15) is 0 Å². The first kappa shape index (κ1) is 15.0. The molecule has 0 fully saturated rings. The molecule has 0 N–H and O–H groups in total. The van der Waals surface area contributed by atoms with Crippen molar-refractivity contribution < 1.29 is 4.84 Å². The molecule has 0 radical (unpaired) electrons. The second-order valence-electron chi connectivity index (χ2n) is 6.29. The molecule has 0 saturated heterocycles. The molecule has 0 aromatic heterocycles. The van der Waals surface area contributed by atoms with Crippen molar-refractivity contribution in [3.05, 3.63) is 33.8 Å². The summed E-state index contributed by atoms with van der Waals surface area (Å²) in [6, 6.07) is 6.55. The highest BCUT2D eigenvalue weighted by Gasteiger charge is 2.50. The normalized spacial score (nSPS) is 20.5. The van der Waals surface area contributed by atoms with Crippen LogP contribution in [0.25, 0.3) is 0 Å². The summed E-state index contributed by atoms with van der Waals surface area (Å²) in [5.74, 6) is 0. The lowest BCUT2D eigenvalue weighted by Crippen LogP contribution is -2.45. The first-order valence-electron chi connectivity index (χ1n) is 7.05. The monoisotopic (exact) mass is 325 g/mol. The van der Waals surface area contributed by atoms with Crippen LogP contribution in [0.4, 0.5) is 0 Å². The average molecular weight is 326 g/mol. The third kappa shape index (κ3) is 2.48. The third-order valence-electron chi connectivity index (χ3n) is 4.03. The molecule has 1 heterocycles. The van der Waals surface area contributed by atoms with E-state index in [9.17, 15) is 0 Å². The highest BCUT2D eigenvalue weighted by molar-refractivity contribution is 9.10. The summed E-state index contributed by atoms with van der Waals surface area (Å²) in [5, 5.41) is 2.17. The number of halogens is 1. The zero-order valence-corrected chi connectivity index (χ0v) is 14.2. The predicted molar refractivity (Wildman–Crippen MR) is 82.9 cm³/mol. The van der Waals surface area contributed by atoms with Crippen LogP contribution in [0.2, 0.25) is 0 Å². The van der Waals surface area contributed by atoms with E-state index in [4.69, 9.17) is 4.84 Å². The number of nitrogens with zero attached hydrogens (tertiary/aromatic N) is 1. The van der Waals surface area contributed by atoms with Crippen LogP contribution in [0.3, 0.4) is 0 Å². The van der Waals surface area contributed by atoms with Crippen LogP contribution in [-0.4, -0.2) is 11.7 Å². The number of hydrogen-bond donors (Lipinski definition) is 0. The minimum Gasteiger partial charge on any atom is -0.297 e. The van der Waals surface area contributed by atoms with Gasteiger partial charge in [-0.1, -0.05) is 35.3 Å². The number of hydrogen-bond acceptors (Lipinski definition) is 2. The zero-order valence-electron chi connectivity index (χ0n) is 12.6.